The van der Waals surface area contributed by atoms with Crippen LogP contribution in [0.3, 0.4) is 0 Å². The third kappa shape index (κ3) is 2.12. The first-order valence-electron chi connectivity index (χ1n) is 8.68. The Bertz CT molecular complexity index is 1170. The van der Waals surface area contributed by atoms with Crippen LogP contribution in [-0.4, -0.2) is 0 Å². The van der Waals surface area contributed by atoms with E-state index in [0.29, 0.717) is 0 Å². The maximum atomic E-state index is 3.86. The summed E-state index contributed by atoms with van der Waals surface area (Å²) in [6, 6.07) is 28.5. The quantitative estimate of drug-likeness (QED) is 0.271. The van der Waals surface area contributed by atoms with Crippen molar-refractivity contribution in [2.75, 3.05) is 0 Å². The van der Waals surface area contributed by atoms with Crippen molar-refractivity contribution < 1.29 is 0 Å². The molecule has 0 heterocycles. The van der Waals surface area contributed by atoms with Crippen LogP contribution < -0.4 is 0 Å². The van der Waals surface area contributed by atoms with Crippen LogP contribution >= 0.6 is 31.9 Å². The van der Waals surface area contributed by atoms with Gasteiger partial charge in [0.15, 0.2) is 0 Å². The van der Waals surface area contributed by atoms with E-state index in [-0.39, 0.29) is 5.41 Å². The molecule has 0 fully saturated rings. The van der Waals surface area contributed by atoms with Crippen molar-refractivity contribution in [3.63, 3.8) is 0 Å². The Balaban J connectivity index is 1.95. The van der Waals surface area contributed by atoms with E-state index in [4.69, 9.17) is 0 Å². The molecule has 1 unspecified atom stereocenters. The minimum Gasteiger partial charge on any atom is -0.0619 e. The van der Waals surface area contributed by atoms with E-state index in [1.165, 1.54) is 38.6 Å². The number of hydrogen-bond donors (Lipinski definition) is 0. The Labute approximate surface area is 170 Å². The van der Waals surface area contributed by atoms with E-state index in [1.807, 2.05) is 0 Å². The lowest BCUT2D eigenvalue weighted by atomic mass is 9.72. The highest BCUT2D eigenvalue weighted by Crippen LogP contribution is 2.56. The van der Waals surface area contributed by atoms with Crippen molar-refractivity contribution in [2.24, 2.45) is 0 Å². The van der Waals surface area contributed by atoms with E-state index in [0.717, 1.165) is 8.95 Å². The van der Waals surface area contributed by atoms with Crippen LogP contribution in [0.1, 0.15) is 23.6 Å². The first kappa shape index (κ1) is 16.3. The number of rotatable bonds is 1. The molecule has 1 aliphatic rings. The van der Waals surface area contributed by atoms with Gasteiger partial charge in [-0.2, -0.15) is 0 Å². The number of benzene rings is 4. The van der Waals surface area contributed by atoms with Gasteiger partial charge in [-0.1, -0.05) is 98.6 Å². The maximum absolute atomic E-state index is 3.86. The molecule has 5 rings (SSSR count). The molecule has 4 aromatic rings. The van der Waals surface area contributed by atoms with E-state index in [9.17, 15) is 0 Å². The zero-order valence-electron chi connectivity index (χ0n) is 14.3. The zero-order chi connectivity index (χ0) is 17.9. The van der Waals surface area contributed by atoms with E-state index >= 15 is 0 Å². The molecule has 0 saturated carbocycles. The molecule has 1 atom stereocenters. The summed E-state index contributed by atoms with van der Waals surface area (Å²) in [6.45, 7) is 2.36. The van der Waals surface area contributed by atoms with E-state index in [2.05, 4.69) is 118 Å². The molecule has 0 spiro atoms. The van der Waals surface area contributed by atoms with Gasteiger partial charge in [-0.3, -0.25) is 0 Å². The molecule has 0 nitrogen and oxygen atoms in total. The molecular formula is C24H16Br2. The molecule has 2 heteroatoms. The lowest BCUT2D eigenvalue weighted by Crippen LogP contribution is -2.23. The molecule has 0 aromatic heterocycles. The van der Waals surface area contributed by atoms with E-state index < -0.39 is 0 Å². The van der Waals surface area contributed by atoms with Crippen molar-refractivity contribution in [1.82, 2.24) is 0 Å². The second-order valence-corrected chi connectivity index (χ2v) is 8.78. The average Bonchev–Trinajstić information content (AvgIpc) is 2.91. The standard InChI is InChI=1S/C24H16Br2/c1-24(20-12-6-8-15-7-2-3-9-17(15)20)21-11-5-4-10-18(21)19-13-16(25)14-22(26)23(19)24/h2-14H,1H3. The molecule has 0 radical (unpaired) electrons. The predicted molar refractivity (Wildman–Crippen MR) is 117 cm³/mol. The summed E-state index contributed by atoms with van der Waals surface area (Å²) >= 11 is 7.54. The SMILES string of the molecule is CC1(c2cccc3ccccc23)c2ccccc2-c2cc(Br)cc(Br)c21. The van der Waals surface area contributed by atoms with Crippen molar-refractivity contribution in [3.05, 3.63) is 104 Å². The summed E-state index contributed by atoms with van der Waals surface area (Å²) in [7, 11) is 0. The lowest BCUT2D eigenvalue weighted by molar-refractivity contribution is 0.717. The molecule has 0 bridgehead atoms. The fourth-order valence-corrected chi connectivity index (χ4v) is 6.15. The van der Waals surface area contributed by atoms with Crippen LogP contribution in [0.15, 0.2) is 87.8 Å². The minimum absolute atomic E-state index is 0.202. The Morgan fingerprint density at radius 1 is 0.692 bits per heavy atom. The van der Waals surface area contributed by atoms with Crippen LogP contribution in [0, 0.1) is 0 Å². The lowest BCUT2D eigenvalue weighted by Gasteiger charge is -2.30. The predicted octanol–water partition coefficient (Wildman–Crippen LogP) is 7.70. The second kappa shape index (κ2) is 5.80. The Morgan fingerprint density at radius 2 is 1.38 bits per heavy atom. The zero-order valence-corrected chi connectivity index (χ0v) is 17.4. The van der Waals surface area contributed by atoms with E-state index in [1.54, 1.807) is 0 Å². The summed E-state index contributed by atoms with van der Waals surface area (Å²) in [5.74, 6) is 0. The van der Waals surface area contributed by atoms with Crippen molar-refractivity contribution in [1.29, 1.82) is 0 Å². The normalized spacial score (nSPS) is 18.0. The molecule has 0 saturated heterocycles. The third-order valence-corrected chi connectivity index (χ3v) is 6.72. The van der Waals surface area contributed by atoms with Crippen LogP contribution in [-0.2, 0) is 5.41 Å². The Morgan fingerprint density at radius 3 is 2.27 bits per heavy atom. The molecule has 1 aliphatic carbocycles. The highest BCUT2D eigenvalue weighted by atomic mass is 79.9. The van der Waals surface area contributed by atoms with Gasteiger partial charge in [-0.25, -0.2) is 0 Å². The van der Waals surface area contributed by atoms with Crippen molar-refractivity contribution >= 4 is 42.6 Å². The van der Waals surface area contributed by atoms with Gasteiger partial charge in [0.1, 0.15) is 0 Å². The van der Waals surface area contributed by atoms with Crippen molar-refractivity contribution in [3.8, 4) is 11.1 Å². The fraction of sp³-hybridized carbons (Fsp3) is 0.0833. The van der Waals surface area contributed by atoms with Gasteiger partial charge in [-0.15, -0.1) is 0 Å². The summed E-state index contributed by atoms with van der Waals surface area (Å²) in [5.41, 5.74) is 6.48. The molecule has 26 heavy (non-hydrogen) atoms. The number of hydrogen-bond acceptors (Lipinski definition) is 0. The topological polar surface area (TPSA) is 0 Å². The minimum atomic E-state index is -0.202. The first-order chi connectivity index (χ1) is 12.6. The third-order valence-electron chi connectivity index (χ3n) is 5.64. The van der Waals surface area contributed by atoms with Crippen LogP contribution in [0.25, 0.3) is 21.9 Å². The highest BCUT2D eigenvalue weighted by Gasteiger charge is 2.43. The van der Waals surface area contributed by atoms with Gasteiger partial charge < -0.3 is 0 Å². The number of fused-ring (bicyclic) bond motifs is 4. The molecular weight excluding hydrogens is 448 g/mol. The Kier molecular flexibility index (Phi) is 3.63. The summed E-state index contributed by atoms with van der Waals surface area (Å²) < 4.78 is 2.24. The molecule has 0 N–H and O–H groups in total. The molecule has 126 valence electrons. The smallest absolute Gasteiger partial charge is 0.0452 e. The summed E-state index contributed by atoms with van der Waals surface area (Å²) in [4.78, 5) is 0. The van der Waals surface area contributed by atoms with Gasteiger partial charge in [0, 0.05) is 14.4 Å². The monoisotopic (exact) mass is 462 g/mol. The second-order valence-electron chi connectivity index (χ2n) is 7.01. The molecule has 0 amide bonds. The van der Waals surface area contributed by atoms with Gasteiger partial charge >= 0.3 is 0 Å². The van der Waals surface area contributed by atoms with Gasteiger partial charge in [0.2, 0.25) is 0 Å². The van der Waals surface area contributed by atoms with Crippen molar-refractivity contribution in [2.45, 2.75) is 12.3 Å². The summed E-state index contributed by atoms with van der Waals surface area (Å²) in [6.07, 6.45) is 0. The molecule has 0 aliphatic heterocycles. The van der Waals surface area contributed by atoms with Gasteiger partial charge in [0.25, 0.3) is 0 Å². The first-order valence-corrected chi connectivity index (χ1v) is 10.3. The Hall–Kier alpha value is -1.90. The average molecular weight is 464 g/mol. The van der Waals surface area contributed by atoms with Gasteiger partial charge in [0.05, 0.1) is 0 Å². The summed E-state index contributed by atoms with van der Waals surface area (Å²) in [5, 5.41) is 2.60. The number of halogens is 2. The highest BCUT2D eigenvalue weighted by molar-refractivity contribution is 9.11. The van der Waals surface area contributed by atoms with Crippen LogP contribution in [0.2, 0.25) is 0 Å². The fourth-order valence-electron chi connectivity index (χ4n) is 4.52. The van der Waals surface area contributed by atoms with Crippen LogP contribution in [0.4, 0.5) is 0 Å². The largest absolute Gasteiger partial charge is 0.0619 e. The molecule has 4 aromatic carbocycles. The maximum Gasteiger partial charge on any atom is 0.0452 e. The van der Waals surface area contributed by atoms with Gasteiger partial charge in [-0.05, 0) is 57.6 Å². The van der Waals surface area contributed by atoms with Crippen LogP contribution in [0.5, 0.6) is 0 Å².